The van der Waals surface area contributed by atoms with Crippen LogP contribution in [0.25, 0.3) is 0 Å². The van der Waals surface area contributed by atoms with Crippen molar-refractivity contribution in [3.05, 3.63) is 40.2 Å². The molecule has 13 heavy (non-hydrogen) atoms. The van der Waals surface area contributed by atoms with Crippen molar-refractivity contribution in [2.45, 2.75) is 0 Å². The number of hydrogen-bond donors (Lipinski definition) is 2. The summed E-state index contributed by atoms with van der Waals surface area (Å²) >= 11 is 0. The predicted octanol–water partition coefficient (Wildman–Crippen LogP) is 0.432. The summed E-state index contributed by atoms with van der Waals surface area (Å²) in [7, 11) is 0. The fraction of sp³-hybridized carbons (Fsp3) is 0. The molecule has 0 spiro atoms. The maximum Gasteiger partial charge on any atom is 0.335 e. The summed E-state index contributed by atoms with van der Waals surface area (Å²) in [6.07, 6.45) is 2.90. The van der Waals surface area contributed by atoms with Crippen molar-refractivity contribution in [3.8, 4) is 0 Å². The Kier molecular flexibility index (Phi) is 4.55. The quantitative estimate of drug-likeness (QED) is 0.485. The molecule has 1 heterocycles. The van der Waals surface area contributed by atoms with Crippen molar-refractivity contribution < 1.29 is 20.2 Å². The molecule has 0 aromatic carbocycles. The van der Waals surface area contributed by atoms with Gasteiger partial charge in [-0.25, -0.2) is 4.79 Å². The molecule has 7 heteroatoms. The minimum absolute atomic E-state index is 0.269. The van der Waals surface area contributed by atoms with Crippen LogP contribution in [0, 0.1) is 10.1 Å². The van der Waals surface area contributed by atoms with Crippen LogP contribution in [-0.2, 0) is 0 Å². The van der Waals surface area contributed by atoms with Crippen LogP contribution >= 0.6 is 0 Å². The van der Waals surface area contributed by atoms with Gasteiger partial charge < -0.3 is 10.3 Å². The maximum absolute atomic E-state index is 10.2. The molecular weight excluding hydrogens is 180 g/mol. The number of aromatic nitrogens is 1. The third-order valence-electron chi connectivity index (χ3n) is 0.927. The Hall–Kier alpha value is -2.18. The van der Waals surface area contributed by atoms with Crippen molar-refractivity contribution >= 4 is 5.97 Å². The van der Waals surface area contributed by atoms with Crippen LogP contribution in [0.4, 0.5) is 0 Å². The van der Waals surface area contributed by atoms with Gasteiger partial charge in [0.05, 0.1) is 5.56 Å². The zero-order chi connectivity index (χ0) is 10.3. The summed E-state index contributed by atoms with van der Waals surface area (Å²) < 4.78 is 0. The molecule has 0 amide bonds. The van der Waals surface area contributed by atoms with E-state index in [0.717, 1.165) is 0 Å². The van der Waals surface area contributed by atoms with E-state index in [0.29, 0.717) is 0 Å². The van der Waals surface area contributed by atoms with Gasteiger partial charge in [0.1, 0.15) is 0 Å². The lowest BCUT2D eigenvalue weighted by Gasteiger charge is -1.87. The summed E-state index contributed by atoms with van der Waals surface area (Å²) in [5.41, 5.74) is 0.269. The first-order valence-electron chi connectivity index (χ1n) is 3.00. The highest BCUT2D eigenvalue weighted by atomic mass is 16.9. The number of carbonyl (C=O) groups is 1. The van der Waals surface area contributed by atoms with Gasteiger partial charge in [0.25, 0.3) is 5.09 Å². The first kappa shape index (κ1) is 10.8. The zero-order valence-corrected chi connectivity index (χ0v) is 6.32. The van der Waals surface area contributed by atoms with Gasteiger partial charge >= 0.3 is 5.97 Å². The van der Waals surface area contributed by atoms with Crippen molar-refractivity contribution in [1.29, 1.82) is 0 Å². The van der Waals surface area contributed by atoms with E-state index in [1.165, 1.54) is 24.5 Å². The molecule has 0 bridgehead atoms. The first-order valence-corrected chi connectivity index (χ1v) is 3.00. The Balaban J connectivity index is 0.000000310. The average molecular weight is 186 g/mol. The van der Waals surface area contributed by atoms with Gasteiger partial charge in [0.15, 0.2) is 0 Å². The zero-order valence-electron chi connectivity index (χ0n) is 6.32. The number of rotatable bonds is 1. The molecule has 0 fully saturated rings. The summed E-state index contributed by atoms with van der Waals surface area (Å²) in [4.78, 5) is 22.2. The molecule has 0 unspecified atom stereocenters. The molecule has 0 saturated carbocycles. The van der Waals surface area contributed by atoms with Gasteiger partial charge in [0, 0.05) is 12.4 Å². The van der Waals surface area contributed by atoms with Gasteiger partial charge in [-0.05, 0) is 12.1 Å². The Labute approximate surface area is 72.4 Å². The highest BCUT2D eigenvalue weighted by Crippen LogP contribution is 1.93. The fourth-order valence-electron chi connectivity index (χ4n) is 0.494. The van der Waals surface area contributed by atoms with Crippen LogP contribution in [0.3, 0.4) is 0 Å². The van der Waals surface area contributed by atoms with Crippen LogP contribution in [0.5, 0.6) is 0 Å². The van der Waals surface area contributed by atoms with Crippen molar-refractivity contribution in [3.63, 3.8) is 0 Å². The molecule has 0 radical (unpaired) electrons. The Morgan fingerprint density at radius 2 is 1.85 bits per heavy atom. The Morgan fingerprint density at radius 3 is 2.08 bits per heavy atom. The van der Waals surface area contributed by atoms with E-state index in [1.54, 1.807) is 0 Å². The summed E-state index contributed by atoms with van der Waals surface area (Å²) in [5, 5.41) is 22.0. The number of carboxylic acids is 1. The van der Waals surface area contributed by atoms with E-state index in [-0.39, 0.29) is 5.56 Å². The van der Waals surface area contributed by atoms with E-state index in [2.05, 4.69) is 4.98 Å². The van der Waals surface area contributed by atoms with Crippen LogP contribution < -0.4 is 0 Å². The molecule has 0 saturated heterocycles. The molecule has 70 valence electrons. The second kappa shape index (κ2) is 5.47. The van der Waals surface area contributed by atoms with Crippen molar-refractivity contribution in [1.82, 2.24) is 4.98 Å². The van der Waals surface area contributed by atoms with Gasteiger partial charge in [-0.2, -0.15) is 0 Å². The predicted molar refractivity (Wildman–Crippen MR) is 40.0 cm³/mol. The molecule has 0 aliphatic rings. The van der Waals surface area contributed by atoms with Crippen molar-refractivity contribution in [2.24, 2.45) is 0 Å². The van der Waals surface area contributed by atoms with Crippen LogP contribution in [0.2, 0.25) is 0 Å². The number of nitrogens with zero attached hydrogens (tertiary/aromatic N) is 2. The topological polar surface area (TPSA) is 114 Å². The minimum Gasteiger partial charge on any atom is -0.478 e. The second-order valence-corrected chi connectivity index (χ2v) is 1.78. The second-order valence-electron chi connectivity index (χ2n) is 1.78. The molecule has 0 aliphatic carbocycles. The molecule has 1 aromatic heterocycles. The number of hydrogen-bond acceptors (Lipinski definition) is 4. The van der Waals surface area contributed by atoms with E-state index in [1.807, 2.05) is 0 Å². The maximum atomic E-state index is 10.2. The van der Waals surface area contributed by atoms with Gasteiger partial charge in [-0.1, -0.05) is 0 Å². The smallest absolute Gasteiger partial charge is 0.335 e. The van der Waals surface area contributed by atoms with Crippen LogP contribution in [-0.4, -0.2) is 26.4 Å². The van der Waals surface area contributed by atoms with Crippen molar-refractivity contribution in [2.75, 3.05) is 0 Å². The molecule has 7 nitrogen and oxygen atoms in total. The molecule has 0 aliphatic heterocycles. The Morgan fingerprint density at radius 1 is 1.46 bits per heavy atom. The largest absolute Gasteiger partial charge is 0.478 e. The number of pyridine rings is 1. The summed E-state index contributed by atoms with van der Waals surface area (Å²) in [5.74, 6) is -0.919. The lowest BCUT2D eigenvalue weighted by molar-refractivity contribution is -0.742. The third kappa shape index (κ3) is 6.23. The van der Waals surface area contributed by atoms with E-state index >= 15 is 0 Å². The standard InChI is InChI=1S/C6H5NO2.HNO3/c8-6(9)5-1-3-7-4-2-5;2-1(3)4/h1-4H,(H,8,9);(H,2,3,4). The highest BCUT2D eigenvalue weighted by Gasteiger charge is 1.97. The van der Waals surface area contributed by atoms with Gasteiger partial charge in [-0.15, -0.1) is 10.1 Å². The number of aromatic carboxylic acids is 1. The monoisotopic (exact) mass is 186 g/mol. The van der Waals surface area contributed by atoms with E-state index < -0.39 is 11.1 Å². The summed E-state index contributed by atoms with van der Waals surface area (Å²) in [6, 6.07) is 2.89. The molecule has 1 aromatic rings. The SMILES string of the molecule is O=C(O)c1ccncc1.O=[N+]([O-])O. The lowest BCUT2D eigenvalue weighted by atomic mass is 10.3. The molecule has 1 rings (SSSR count). The van der Waals surface area contributed by atoms with E-state index in [9.17, 15) is 4.79 Å². The first-order chi connectivity index (χ1) is 6.04. The summed E-state index contributed by atoms with van der Waals surface area (Å²) in [6.45, 7) is 0. The molecule has 0 atom stereocenters. The third-order valence-corrected chi connectivity index (χ3v) is 0.927. The highest BCUT2D eigenvalue weighted by molar-refractivity contribution is 5.87. The lowest BCUT2D eigenvalue weighted by Crippen LogP contribution is -1.94. The molecule has 2 N–H and O–H groups in total. The fourth-order valence-corrected chi connectivity index (χ4v) is 0.494. The average Bonchev–Trinajstić information content (AvgIpc) is 2.05. The van der Waals surface area contributed by atoms with Crippen LogP contribution in [0.1, 0.15) is 10.4 Å². The van der Waals surface area contributed by atoms with Gasteiger partial charge in [-0.3, -0.25) is 4.98 Å². The normalized spacial score (nSPS) is 8.00. The number of carboxylic acid groups (broad SMARTS) is 1. The van der Waals surface area contributed by atoms with Crippen LogP contribution in [0.15, 0.2) is 24.5 Å². The van der Waals surface area contributed by atoms with Gasteiger partial charge in [0.2, 0.25) is 0 Å². The molecular formula is C6H6N2O5. The minimum atomic E-state index is -1.50. The Bertz CT molecular complexity index is 282. The van der Waals surface area contributed by atoms with E-state index in [4.69, 9.17) is 20.4 Å².